The molecule has 1 aromatic heterocycles. The second-order valence-electron chi connectivity index (χ2n) is 8.67. The summed E-state index contributed by atoms with van der Waals surface area (Å²) in [5.41, 5.74) is 3.98. The lowest BCUT2D eigenvalue weighted by Gasteiger charge is -2.38. The fraction of sp³-hybridized carbons (Fsp3) is 0.259. The third-order valence-corrected chi connectivity index (χ3v) is 6.86. The van der Waals surface area contributed by atoms with Gasteiger partial charge in [0.15, 0.2) is 0 Å². The number of hydrogen-bond acceptors (Lipinski definition) is 6. The molecule has 0 radical (unpaired) electrons. The molecular weight excluding hydrogens is 503 g/mol. The lowest BCUT2D eigenvalue weighted by Crippen LogP contribution is -2.46. The van der Waals surface area contributed by atoms with E-state index in [1.54, 1.807) is 36.4 Å². The van der Waals surface area contributed by atoms with Crippen LogP contribution in [0, 0.1) is 0 Å². The fourth-order valence-corrected chi connectivity index (χ4v) is 4.93. The Morgan fingerprint density at radius 2 is 1.53 bits per heavy atom. The first-order valence-electron chi connectivity index (χ1n) is 11.6. The van der Waals surface area contributed by atoms with Crippen LogP contribution in [0.5, 0.6) is 11.5 Å². The summed E-state index contributed by atoms with van der Waals surface area (Å²) in [6.07, 6.45) is -1.21. The minimum atomic E-state index is -1.22. The Balaban J connectivity index is 1.51. The monoisotopic (exact) mass is 528 g/mol. The number of ether oxygens (including phenoxy) is 2. The van der Waals surface area contributed by atoms with E-state index in [1.165, 1.54) is 0 Å². The maximum absolute atomic E-state index is 11.2. The molecule has 0 saturated heterocycles. The number of aliphatic hydroxyl groups excluding tert-OH is 3. The highest BCUT2D eigenvalue weighted by Gasteiger charge is 2.36. The Morgan fingerprint density at radius 1 is 0.889 bits per heavy atom. The lowest BCUT2D eigenvalue weighted by molar-refractivity contribution is -0.150. The summed E-state index contributed by atoms with van der Waals surface area (Å²) in [5, 5.41) is 32.1. The molecule has 0 aliphatic carbocycles. The van der Waals surface area contributed by atoms with Crippen LogP contribution >= 0.6 is 23.2 Å². The molecule has 36 heavy (non-hydrogen) atoms. The van der Waals surface area contributed by atoms with Crippen molar-refractivity contribution in [2.24, 2.45) is 0 Å². The van der Waals surface area contributed by atoms with Crippen LogP contribution in [-0.4, -0.2) is 57.5 Å². The van der Waals surface area contributed by atoms with E-state index in [-0.39, 0.29) is 19.3 Å². The quantitative estimate of drug-likeness (QED) is 0.251. The van der Waals surface area contributed by atoms with Gasteiger partial charge in [0.25, 0.3) is 6.41 Å². The van der Waals surface area contributed by atoms with Crippen LogP contribution in [-0.2, 0) is 6.42 Å². The van der Waals surface area contributed by atoms with Crippen molar-refractivity contribution in [3.63, 3.8) is 0 Å². The molecule has 5 rings (SSSR count). The molecule has 0 spiro atoms. The van der Waals surface area contributed by atoms with Crippen LogP contribution in [0.3, 0.4) is 0 Å². The van der Waals surface area contributed by atoms with Gasteiger partial charge in [-0.25, -0.2) is 4.90 Å². The van der Waals surface area contributed by atoms with E-state index in [0.29, 0.717) is 34.5 Å². The van der Waals surface area contributed by atoms with E-state index in [1.807, 2.05) is 35.2 Å². The number of fused-ring (bicyclic) bond motifs is 3. The van der Waals surface area contributed by atoms with Crippen molar-refractivity contribution in [3.05, 3.63) is 93.6 Å². The smallest absolute Gasteiger partial charge is 0.260 e. The lowest BCUT2D eigenvalue weighted by atomic mass is 9.92. The van der Waals surface area contributed by atoms with Gasteiger partial charge in [-0.1, -0.05) is 35.3 Å². The summed E-state index contributed by atoms with van der Waals surface area (Å²) in [6.45, 7) is -0.0328. The summed E-state index contributed by atoms with van der Waals surface area (Å²) >= 11 is 12.3. The number of H-pyrrole nitrogens is 1. The Kier molecular flexibility index (Phi) is 7.39. The molecule has 1 aliphatic rings. The first-order valence-corrected chi connectivity index (χ1v) is 12.4. The van der Waals surface area contributed by atoms with E-state index in [9.17, 15) is 15.3 Å². The predicted molar refractivity (Wildman–Crippen MR) is 139 cm³/mol. The minimum absolute atomic E-state index is 0.288. The standard InChI is InChI=1S/C27H26Cl2N2O5/c28-17-3-8-20(9-4-17)36-27(34)31-12-11-22-23-13-18(29)5-10-24(23)30-25(22)26(31)16-1-6-19(7-2-16)35-21(14-32)15-33/h1-10,13,21,26-27,30,32-34H,11-12,14-15H2. The summed E-state index contributed by atoms with van der Waals surface area (Å²) in [6, 6.07) is 19.6. The van der Waals surface area contributed by atoms with Crippen molar-refractivity contribution >= 4 is 34.1 Å². The highest BCUT2D eigenvalue weighted by Crippen LogP contribution is 2.40. The molecule has 0 bridgehead atoms. The third-order valence-electron chi connectivity index (χ3n) is 6.37. The van der Waals surface area contributed by atoms with Crippen LogP contribution in [0.2, 0.25) is 10.0 Å². The molecule has 2 atom stereocenters. The van der Waals surface area contributed by atoms with Crippen LogP contribution < -0.4 is 9.47 Å². The zero-order valence-electron chi connectivity index (χ0n) is 19.3. The molecule has 2 heterocycles. The maximum Gasteiger partial charge on any atom is 0.260 e. The molecule has 188 valence electrons. The molecule has 3 aromatic carbocycles. The van der Waals surface area contributed by atoms with Crippen LogP contribution in [0.4, 0.5) is 0 Å². The molecular formula is C27H26Cl2N2O5. The normalized spacial score (nSPS) is 16.8. The maximum atomic E-state index is 11.2. The molecule has 0 amide bonds. The van der Waals surface area contributed by atoms with Gasteiger partial charge < -0.3 is 29.8 Å². The highest BCUT2D eigenvalue weighted by molar-refractivity contribution is 6.31. The number of aliphatic hydroxyl groups is 3. The Labute approximate surface area is 218 Å². The third kappa shape index (κ3) is 5.04. The summed E-state index contributed by atoms with van der Waals surface area (Å²) in [5.74, 6) is 1.03. The van der Waals surface area contributed by atoms with Gasteiger partial charge in [0.1, 0.15) is 17.6 Å². The van der Waals surface area contributed by atoms with Gasteiger partial charge in [-0.05, 0) is 72.1 Å². The minimum Gasteiger partial charge on any atom is -0.486 e. The summed E-state index contributed by atoms with van der Waals surface area (Å²) in [4.78, 5) is 5.41. The van der Waals surface area contributed by atoms with E-state index in [2.05, 4.69) is 4.98 Å². The molecule has 0 fully saturated rings. The average Bonchev–Trinajstić information content (AvgIpc) is 3.26. The number of aromatic amines is 1. The number of hydrogen-bond donors (Lipinski definition) is 4. The summed E-state index contributed by atoms with van der Waals surface area (Å²) in [7, 11) is 0. The van der Waals surface area contributed by atoms with Crippen molar-refractivity contribution < 1.29 is 24.8 Å². The van der Waals surface area contributed by atoms with Crippen LogP contribution in [0.1, 0.15) is 22.9 Å². The second-order valence-corrected chi connectivity index (χ2v) is 9.54. The molecule has 9 heteroatoms. The number of rotatable bonds is 8. The van der Waals surface area contributed by atoms with Crippen LogP contribution in [0.15, 0.2) is 66.7 Å². The van der Waals surface area contributed by atoms with Gasteiger partial charge >= 0.3 is 0 Å². The number of halogens is 2. The van der Waals surface area contributed by atoms with Crippen molar-refractivity contribution in [2.75, 3.05) is 19.8 Å². The van der Waals surface area contributed by atoms with Gasteiger partial charge in [0.05, 0.1) is 19.3 Å². The molecule has 4 N–H and O–H groups in total. The number of benzene rings is 3. The van der Waals surface area contributed by atoms with Gasteiger partial charge in [-0.15, -0.1) is 0 Å². The van der Waals surface area contributed by atoms with Gasteiger partial charge in [0, 0.05) is 33.2 Å². The Bertz CT molecular complexity index is 1320. The molecule has 4 aromatic rings. The van der Waals surface area contributed by atoms with Crippen molar-refractivity contribution in [1.82, 2.24) is 9.88 Å². The number of nitrogens with zero attached hydrogens (tertiary/aromatic N) is 1. The predicted octanol–water partition coefficient (Wildman–Crippen LogP) is 4.51. The van der Waals surface area contributed by atoms with E-state index in [4.69, 9.17) is 32.7 Å². The van der Waals surface area contributed by atoms with Gasteiger partial charge in [-0.2, -0.15) is 0 Å². The van der Waals surface area contributed by atoms with Crippen LogP contribution in [0.25, 0.3) is 10.9 Å². The van der Waals surface area contributed by atoms with Crippen molar-refractivity contribution in [2.45, 2.75) is 25.0 Å². The zero-order chi connectivity index (χ0) is 25.2. The van der Waals surface area contributed by atoms with Crippen molar-refractivity contribution in [1.29, 1.82) is 0 Å². The molecule has 7 nitrogen and oxygen atoms in total. The topological polar surface area (TPSA) is 98.2 Å². The fourth-order valence-electron chi connectivity index (χ4n) is 4.63. The Morgan fingerprint density at radius 3 is 2.22 bits per heavy atom. The molecule has 2 unspecified atom stereocenters. The van der Waals surface area contributed by atoms with E-state index < -0.39 is 12.5 Å². The second kappa shape index (κ2) is 10.7. The van der Waals surface area contributed by atoms with Gasteiger partial charge in [0.2, 0.25) is 0 Å². The van der Waals surface area contributed by atoms with Gasteiger partial charge in [-0.3, -0.25) is 0 Å². The first kappa shape index (κ1) is 24.9. The molecule has 1 aliphatic heterocycles. The SMILES string of the molecule is OCC(CO)Oc1ccc(C2c3[nH]c4ccc(Cl)cc4c3CCN2C(O)Oc2ccc(Cl)cc2)cc1. The first-order chi connectivity index (χ1) is 17.5. The van der Waals surface area contributed by atoms with Crippen molar-refractivity contribution in [3.8, 4) is 11.5 Å². The van der Waals surface area contributed by atoms with E-state index in [0.717, 1.165) is 27.7 Å². The molecule has 0 saturated carbocycles. The highest BCUT2D eigenvalue weighted by atomic mass is 35.5. The summed E-state index contributed by atoms with van der Waals surface area (Å²) < 4.78 is 11.5. The number of aromatic nitrogens is 1. The largest absolute Gasteiger partial charge is 0.486 e. The Hall–Kier alpha value is -2.78. The average molecular weight is 529 g/mol. The van der Waals surface area contributed by atoms with E-state index >= 15 is 0 Å². The number of nitrogens with one attached hydrogen (secondary N) is 1. The zero-order valence-corrected chi connectivity index (χ0v) is 20.8.